The fourth-order valence-electron chi connectivity index (χ4n) is 7.36. The summed E-state index contributed by atoms with van der Waals surface area (Å²) in [6.45, 7) is 9.91. The maximum absolute atomic E-state index is 13.8. The van der Waals surface area contributed by atoms with Crippen molar-refractivity contribution < 1.29 is 47.0 Å². The van der Waals surface area contributed by atoms with E-state index in [1.807, 2.05) is 70.2 Å². The van der Waals surface area contributed by atoms with Crippen molar-refractivity contribution >= 4 is 41.3 Å². The molecule has 0 radical (unpaired) electrons. The second kappa shape index (κ2) is 22.9. The molecule has 3 aromatic rings. The Morgan fingerprint density at radius 2 is 1.48 bits per heavy atom. The number of nitrogens with two attached hydrogens (primary N) is 2. The van der Waals surface area contributed by atoms with Gasteiger partial charge < -0.3 is 41.7 Å². The quantitative estimate of drug-likeness (QED) is 0.0480. The first-order chi connectivity index (χ1) is 30.1. The third-order valence-electron chi connectivity index (χ3n) is 10.9. The second-order valence-corrected chi connectivity index (χ2v) is 17.1. The average molecular weight is 896 g/mol. The number of hydrazine groups is 1. The molecule has 3 aromatic carbocycles. The number of halogens is 3. The number of carboxylic acids is 1. The van der Waals surface area contributed by atoms with E-state index >= 15 is 0 Å². The first-order valence-electron chi connectivity index (χ1n) is 21.1. The molecule has 2 fully saturated rings. The van der Waals surface area contributed by atoms with Gasteiger partial charge in [0.15, 0.2) is 5.84 Å². The minimum atomic E-state index is -5.08. The lowest BCUT2D eigenvalue weighted by Gasteiger charge is -2.29. The number of hydrazone groups is 1. The number of anilines is 1. The van der Waals surface area contributed by atoms with Crippen molar-refractivity contribution in [1.29, 1.82) is 0 Å². The van der Waals surface area contributed by atoms with Gasteiger partial charge in [0.1, 0.15) is 11.6 Å². The largest absolute Gasteiger partial charge is 0.490 e. The molecular formula is C45H60F3N9O7. The minimum absolute atomic E-state index is 0.0537. The molecule has 4 amide bonds. The summed E-state index contributed by atoms with van der Waals surface area (Å²) in [7, 11) is 2.10. The Hall–Kier alpha value is -6.21. The highest BCUT2D eigenvalue weighted by Gasteiger charge is 2.38. The zero-order valence-electron chi connectivity index (χ0n) is 36.8. The number of nitrogens with zero attached hydrogens (tertiary/aromatic N) is 2. The van der Waals surface area contributed by atoms with Gasteiger partial charge in [-0.15, -0.1) is 5.10 Å². The molecule has 2 aliphatic rings. The Bertz CT molecular complexity index is 2090. The number of alkyl carbamates (subject to hydrolysis) is 1. The summed E-state index contributed by atoms with van der Waals surface area (Å²) in [6.07, 6.45) is -0.530. The molecular weight excluding hydrogens is 836 g/mol. The van der Waals surface area contributed by atoms with Crippen molar-refractivity contribution in [2.24, 2.45) is 28.5 Å². The van der Waals surface area contributed by atoms with E-state index in [-0.39, 0.29) is 47.9 Å². The maximum atomic E-state index is 13.8. The molecule has 1 atom stereocenters. The molecule has 5 rings (SSSR count). The molecule has 1 heterocycles. The molecule has 0 aromatic heterocycles. The molecule has 0 bridgehead atoms. The van der Waals surface area contributed by atoms with Crippen molar-refractivity contribution in [3.05, 3.63) is 89.0 Å². The smallest absolute Gasteiger partial charge is 0.475 e. The number of alkyl halides is 3. The van der Waals surface area contributed by atoms with Crippen LogP contribution in [0.2, 0.25) is 0 Å². The van der Waals surface area contributed by atoms with Gasteiger partial charge in [0.25, 0.3) is 5.91 Å². The Morgan fingerprint density at radius 1 is 0.891 bits per heavy atom. The Balaban J connectivity index is 0.00000118. The van der Waals surface area contributed by atoms with Crippen LogP contribution in [0.5, 0.6) is 0 Å². The second-order valence-electron chi connectivity index (χ2n) is 17.1. The maximum Gasteiger partial charge on any atom is 0.490 e. The minimum Gasteiger partial charge on any atom is -0.475 e. The van der Waals surface area contributed by atoms with Crippen LogP contribution in [0.25, 0.3) is 11.1 Å². The molecule has 1 aliphatic carbocycles. The number of nitrogens with one attached hydrogen (secondary N) is 5. The third-order valence-corrected chi connectivity index (χ3v) is 10.9. The highest BCUT2D eigenvalue weighted by atomic mass is 19.4. The predicted molar refractivity (Wildman–Crippen MR) is 237 cm³/mol. The number of carboxylic acid groups (broad SMARTS) is 1. The van der Waals surface area contributed by atoms with E-state index in [1.165, 1.54) is 0 Å². The number of benzene rings is 3. The number of amides is 4. The Labute approximate surface area is 371 Å². The van der Waals surface area contributed by atoms with Crippen LogP contribution in [0.4, 0.5) is 23.7 Å². The predicted octanol–water partition coefficient (Wildman–Crippen LogP) is 5.20. The molecule has 64 heavy (non-hydrogen) atoms. The van der Waals surface area contributed by atoms with Gasteiger partial charge in [-0.1, -0.05) is 30.3 Å². The summed E-state index contributed by atoms with van der Waals surface area (Å²) in [6, 6.07) is 19.9. The van der Waals surface area contributed by atoms with Crippen molar-refractivity contribution in [2.75, 3.05) is 32.0 Å². The number of aliphatic carboxylic acids is 1. The zero-order valence-corrected chi connectivity index (χ0v) is 36.8. The highest BCUT2D eigenvalue weighted by Crippen LogP contribution is 2.30. The number of rotatable bonds is 13. The summed E-state index contributed by atoms with van der Waals surface area (Å²) in [5.74, 6) is 2.09. The highest BCUT2D eigenvalue weighted by molar-refractivity contribution is 6.00. The summed E-state index contributed by atoms with van der Waals surface area (Å²) in [4.78, 5) is 63.9. The molecule has 348 valence electrons. The lowest BCUT2D eigenvalue weighted by Crippen LogP contribution is -2.48. The van der Waals surface area contributed by atoms with Gasteiger partial charge >= 0.3 is 18.2 Å². The van der Waals surface area contributed by atoms with Crippen LogP contribution in [0.3, 0.4) is 0 Å². The van der Waals surface area contributed by atoms with E-state index < -0.39 is 29.9 Å². The van der Waals surface area contributed by atoms with E-state index in [4.69, 9.17) is 26.2 Å². The fourth-order valence-corrected chi connectivity index (χ4v) is 7.36. The molecule has 1 aliphatic heterocycles. The van der Waals surface area contributed by atoms with Gasteiger partial charge in [-0.2, -0.15) is 13.2 Å². The molecule has 0 unspecified atom stereocenters. The van der Waals surface area contributed by atoms with E-state index in [0.717, 1.165) is 61.0 Å². The molecule has 19 heteroatoms. The van der Waals surface area contributed by atoms with Crippen LogP contribution >= 0.6 is 0 Å². The number of piperidine rings is 1. The number of likely N-dealkylation sites (tertiary alicyclic amines) is 1. The first-order valence-corrected chi connectivity index (χ1v) is 21.1. The Morgan fingerprint density at radius 3 is 2.03 bits per heavy atom. The zero-order chi connectivity index (χ0) is 47.2. The van der Waals surface area contributed by atoms with E-state index in [2.05, 4.69) is 43.9 Å². The number of carbonyl (C=O) groups is 5. The first kappa shape index (κ1) is 50.4. The summed E-state index contributed by atoms with van der Waals surface area (Å²) in [5.41, 5.74) is 13.1. The van der Waals surface area contributed by atoms with Crippen molar-refractivity contribution in [3.63, 3.8) is 0 Å². The van der Waals surface area contributed by atoms with Gasteiger partial charge in [0.05, 0.1) is 0 Å². The monoisotopic (exact) mass is 895 g/mol. The Kier molecular flexibility index (Phi) is 18.1. The topological polar surface area (TPSA) is 243 Å². The lowest BCUT2D eigenvalue weighted by atomic mass is 9.81. The van der Waals surface area contributed by atoms with Crippen LogP contribution in [0, 0.1) is 18.8 Å². The van der Waals surface area contributed by atoms with Crippen LogP contribution in [-0.2, 0) is 25.5 Å². The van der Waals surface area contributed by atoms with Gasteiger partial charge in [-0.05, 0) is 151 Å². The number of ether oxygens (including phenoxy) is 1. The van der Waals surface area contributed by atoms with Crippen molar-refractivity contribution in [3.8, 4) is 11.1 Å². The summed E-state index contributed by atoms with van der Waals surface area (Å²) < 4.78 is 37.1. The van der Waals surface area contributed by atoms with Crippen LogP contribution in [0.1, 0.15) is 86.3 Å². The molecule has 0 spiro atoms. The SMILES string of the molecule is Cc1cc(C(=O)NC2CCN(C)CC2)ccc1-c1ccc(C[C@H](NC(=O)C2CCC(CNC(=O)OC(C)(C)C)CC2)C(=O)Nc2ccc(/C(N)=N/NN)cc2)cc1.O=C(O)C(F)(F)F. The van der Waals surface area contributed by atoms with Gasteiger partial charge in [-0.3, -0.25) is 14.4 Å². The number of amidine groups is 1. The molecule has 16 nitrogen and oxygen atoms in total. The van der Waals surface area contributed by atoms with E-state index in [0.29, 0.717) is 36.2 Å². The van der Waals surface area contributed by atoms with Gasteiger partial charge in [-0.25, -0.2) is 21.0 Å². The third kappa shape index (κ3) is 16.2. The summed E-state index contributed by atoms with van der Waals surface area (Å²) >= 11 is 0. The number of hydrogen-bond acceptors (Lipinski definition) is 10. The van der Waals surface area contributed by atoms with E-state index in [1.54, 1.807) is 24.3 Å². The van der Waals surface area contributed by atoms with Gasteiger partial charge in [0, 0.05) is 41.7 Å². The molecule has 1 saturated carbocycles. The number of hydrogen-bond donors (Lipinski definition) is 8. The molecule has 1 saturated heterocycles. The van der Waals surface area contributed by atoms with E-state index in [9.17, 15) is 32.3 Å². The van der Waals surface area contributed by atoms with Gasteiger partial charge in [0.2, 0.25) is 11.8 Å². The number of aryl methyl sites for hydroxylation is 1. The average Bonchev–Trinajstić information content (AvgIpc) is 3.23. The standard InChI is InChI=1S/C43H59N9O5.C2HF3O2/c1-27-24-33(40(54)47-35-20-22-52(5)23-21-35)16-19-36(27)30-10-6-28(7-11-30)25-37(41(55)48-34-17-14-31(15-18-34)38(44)50-51-45)49-39(53)32-12-8-29(9-13-32)26-46-42(56)57-43(2,3)4;3-2(4,5)1(6)7/h6-7,10-11,14-19,24,29,32,35,37,51H,8-9,12-13,20-23,25-26,45H2,1-5H3,(H2,44,50)(H,46,56)(H,47,54)(H,48,55)(H,49,53);(H,6,7)/t29?,32?,37-;/m0./s1. The van der Waals surface area contributed by atoms with Crippen LogP contribution in [0.15, 0.2) is 71.8 Å². The normalized spacial score (nSPS) is 17.7. The van der Waals surface area contributed by atoms with Crippen LogP contribution in [-0.4, -0.2) is 96.2 Å². The lowest BCUT2D eigenvalue weighted by molar-refractivity contribution is -0.192. The molecule has 10 N–H and O–H groups in total. The van der Waals surface area contributed by atoms with Crippen molar-refractivity contribution in [2.45, 2.75) is 96.5 Å². The van der Waals surface area contributed by atoms with Crippen LogP contribution < -0.4 is 38.4 Å². The summed E-state index contributed by atoms with van der Waals surface area (Å²) in [5, 5.41) is 22.9. The van der Waals surface area contributed by atoms with Crippen molar-refractivity contribution in [1.82, 2.24) is 26.4 Å². The fraction of sp³-hybridized carbons (Fsp3) is 0.467. The number of carbonyl (C=O) groups excluding carboxylic acids is 4.